The van der Waals surface area contributed by atoms with Crippen molar-refractivity contribution in [3.63, 3.8) is 0 Å². The predicted molar refractivity (Wildman–Crippen MR) is 302 cm³/mol. The summed E-state index contributed by atoms with van der Waals surface area (Å²) in [5.41, 5.74) is 6.25. The number of amidine groups is 1. The summed E-state index contributed by atoms with van der Waals surface area (Å²) in [7, 11) is 3.41. The number of halogens is 2. The first kappa shape index (κ1) is 60.0. The van der Waals surface area contributed by atoms with Crippen LogP contribution in [0, 0.1) is 23.7 Å². The number of thiazole rings is 1. The number of benzene rings is 2. The van der Waals surface area contributed by atoms with Crippen LogP contribution in [0.15, 0.2) is 47.0 Å². The van der Waals surface area contributed by atoms with Gasteiger partial charge >= 0.3 is 6.03 Å². The van der Waals surface area contributed by atoms with Gasteiger partial charge < -0.3 is 55.1 Å². The summed E-state index contributed by atoms with van der Waals surface area (Å²) in [5.74, 6) is -1.48. The zero-order valence-corrected chi connectivity index (χ0v) is 47.9. The SMILES string of the molecule is CNC(=O)N1CCC(NC2CCN(C(=O)COCCOCCOCC(=O)NC(C(=O)N3CCCC3C(=O)NCc3ccc(-c4scnc4C)cc3)C(C)(C)C)CC2)C(C(=N)N2CCCc3cc(C4C=NN(C)C4)c(C(F)F)cc32)C1. The van der Waals surface area contributed by atoms with Gasteiger partial charge in [-0.3, -0.25) is 29.6 Å². The van der Waals surface area contributed by atoms with E-state index in [0.29, 0.717) is 108 Å². The molecule has 0 saturated carbocycles. The van der Waals surface area contributed by atoms with E-state index in [1.165, 1.54) is 0 Å². The lowest BCUT2D eigenvalue weighted by Crippen LogP contribution is -2.60. The molecule has 0 spiro atoms. The van der Waals surface area contributed by atoms with Gasteiger partial charge in [0.05, 0.1) is 42.5 Å². The van der Waals surface area contributed by atoms with Crippen molar-refractivity contribution >= 4 is 58.7 Å². The number of carbonyl (C=O) groups excluding carboxylic acids is 5. The van der Waals surface area contributed by atoms with Gasteiger partial charge in [0.25, 0.3) is 6.43 Å². The van der Waals surface area contributed by atoms with Crippen LogP contribution in [0.3, 0.4) is 0 Å². The van der Waals surface area contributed by atoms with Crippen molar-refractivity contribution in [3.05, 3.63) is 69.9 Å². The number of ether oxygens (including phenoxy) is 3. The number of piperidine rings is 2. The van der Waals surface area contributed by atoms with E-state index in [2.05, 4.69) is 31.4 Å². The monoisotopic (exact) mass is 1130 g/mol. The highest BCUT2D eigenvalue weighted by Crippen LogP contribution is 2.39. The summed E-state index contributed by atoms with van der Waals surface area (Å²) in [4.78, 5) is 79.0. The summed E-state index contributed by atoms with van der Waals surface area (Å²) < 4.78 is 46.2. The number of hydrazone groups is 1. The topological polar surface area (TPSA) is 226 Å². The summed E-state index contributed by atoms with van der Waals surface area (Å²) in [6.45, 7) is 11.5. The van der Waals surface area contributed by atoms with Crippen molar-refractivity contribution in [1.29, 1.82) is 5.41 Å². The van der Waals surface area contributed by atoms with Crippen molar-refractivity contribution in [2.24, 2.45) is 16.4 Å². The molecule has 0 radical (unpaired) electrons. The highest BCUT2D eigenvalue weighted by molar-refractivity contribution is 7.13. The van der Waals surface area contributed by atoms with E-state index in [1.54, 1.807) is 50.4 Å². The van der Waals surface area contributed by atoms with Gasteiger partial charge in [-0.15, -0.1) is 11.3 Å². The molecule has 5 N–H and O–H groups in total. The molecule has 5 unspecified atom stereocenters. The molecule has 3 aromatic rings. The van der Waals surface area contributed by atoms with Crippen LogP contribution < -0.4 is 26.2 Å². The molecular formula is C57H80F2N12O8S. The van der Waals surface area contributed by atoms with E-state index in [9.17, 15) is 38.2 Å². The zero-order valence-electron chi connectivity index (χ0n) is 47.1. The van der Waals surface area contributed by atoms with Gasteiger partial charge in [0.1, 0.15) is 31.1 Å². The number of nitrogens with zero attached hydrogens (tertiary/aromatic N) is 7. The Morgan fingerprint density at radius 1 is 0.875 bits per heavy atom. The van der Waals surface area contributed by atoms with Gasteiger partial charge in [-0.25, -0.2) is 18.6 Å². The number of alkyl halides is 2. The fourth-order valence-electron chi connectivity index (χ4n) is 11.5. The molecule has 3 fully saturated rings. The number of carbonyl (C=O) groups is 5. The number of urea groups is 1. The quantitative estimate of drug-likeness (QED) is 0.0521. The molecular weight excluding hydrogens is 1050 g/mol. The minimum atomic E-state index is -2.69. The standard InChI is InChI=1S/C57H80F2N12O8S/c1-36-50(80-35-63-36)38-13-11-37(12-14-38)29-62-54(74)46-10-8-19-71(46)55(75)51(57(2,3)4)66-48(72)33-78-25-23-77-24-26-79-34-49(73)68-20-15-41(16-21-68)65-45-17-22-69(56(76)61-5)32-44(45)53(60)70-18-7-9-39-27-42(40-30-64-67(6)31-40)43(52(58)59)28-47(39)70/h11-14,27-28,30,35,40-41,44-46,51-52,60,65H,7-10,15-26,29,31-34H2,1-6H3,(H,61,76)(H,62,74)(H,66,72). The van der Waals surface area contributed by atoms with Crippen LogP contribution in [0.2, 0.25) is 0 Å². The first-order chi connectivity index (χ1) is 38.4. The number of aryl methyl sites for hydroxylation is 2. The predicted octanol–water partition coefficient (Wildman–Crippen LogP) is 5.30. The van der Waals surface area contributed by atoms with Crippen LogP contribution in [0.25, 0.3) is 10.4 Å². The lowest BCUT2D eigenvalue weighted by atomic mass is 9.85. The summed E-state index contributed by atoms with van der Waals surface area (Å²) >= 11 is 1.58. The van der Waals surface area contributed by atoms with Crippen molar-refractivity contribution in [3.8, 4) is 10.4 Å². The van der Waals surface area contributed by atoms with E-state index >= 15 is 0 Å². The van der Waals surface area contributed by atoms with Crippen molar-refractivity contribution in [1.82, 2.24) is 46.0 Å². The molecule has 5 aliphatic rings. The number of likely N-dealkylation sites (tertiary alicyclic amines) is 3. The minimum Gasteiger partial charge on any atom is -0.377 e. The molecule has 80 heavy (non-hydrogen) atoms. The first-order valence-electron chi connectivity index (χ1n) is 28.1. The maximum Gasteiger partial charge on any atom is 0.317 e. The highest BCUT2D eigenvalue weighted by atomic mass is 32.1. The molecule has 8 rings (SSSR count). The molecule has 23 heteroatoms. The third-order valence-corrected chi connectivity index (χ3v) is 16.9. The van der Waals surface area contributed by atoms with E-state index in [0.717, 1.165) is 33.7 Å². The molecule has 3 saturated heterocycles. The Labute approximate surface area is 472 Å². The number of fused-ring (bicyclic) bond motifs is 1. The number of hydrogen-bond acceptors (Lipinski definition) is 14. The highest BCUT2D eigenvalue weighted by Gasteiger charge is 2.43. The van der Waals surface area contributed by atoms with E-state index in [1.807, 2.05) is 75.5 Å². The molecule has 0 aliphatic carbocycles. The molecule has 5 atom stereocenters. The van der Waals surface area contributed by atoms with Crippen LogP contribution >= 0.6 is 11.3 Å². The van der Waals surface area contributed by atoms with Crippen molar-refractivity contribution in [2.75, 3.05) is 104 Å². The Hall–Kier alpha value is -6.14. The fraction of sp³-hybridized carbons (Fsp3) is 0.614. The van der Waals surface area contributed by atoms with Gasteiger partial charge in [0.2, 0.25) is 23.6 Å². The number of nitrogens with one attached hydrogen (secondary N) is 5. The van der Waals surface area contributed by atoms with Crippen molar-refractivity contribution in [2.45, 2.75) is 116 Å². The van der Waals surface area contributed by atoms with Crippen LogP contribution in [-0.4, -0.2) is 190 Å². The molecule has 5 aliphatic heterocycles. The number of rotatable bonds is 21. The second kappa shape index (κ2) is 27.6. The Morgan fingerprint density at radius 2 is 1.59 bits per heavy atom. The summed E-state index contributed by atoms with van der Waals surface area (Å²) in [6, 6.07) is 9.59. The largest absolute Gasteiger partial charge is 0.377 e. The van der Waals surface area contributed by atoms with Gasteiger partial charge in [0, 0.05) is 108 Å². The van der Waals surface area contributed by atoms with E-state index in [4.69, 9.17) is 14.2 Å². The lowest BCUT2D eigenvalue weighted by Gasteiger charge is -2.45. The average molecular weight is 1130 g/mol. The normalized spacial score (nSPS) is 21.0. The third-order valence-electron chi connectivity index (χ3n) is 15.9. The minimum absolute atomic E-state index is 0.0421. The Morgan fingerprint density at radius 3 is 2.25 bits per heavy atom. The first-order valence-corrected chi connectivity index (χ1v) is 28.9. The second-order valence-corrected chi connectivity index (χ2v) is 23.4. The average Bonchev–Trinajstić information content (AvgIpc) is 4.29. The molecule has 2 aromatic carbocycles. The molecule has 436 valence electrons. The number of hydrogen-bond donors (Lipinski definition) is 5. The van der Waals surface area contributed by atoms with Crippen LogP contribution in [0.4, 0.5) is 19.3 Å². The number of likely N-dealkylation sites (N-methyl/N-ethyl adjacent to an activating group) is 1. The maximum atomic E-state index is 14.7. The lowest BCUT2D eigenvalue weighted by molar-refractivity contribution is -0.144. The molecule has 1 aromatic heterocycles. The van der Waals surface area contributed by atoms with E-state index in [-0.39, 0.29) is 87.0 Å². The molecule has 0 bridgehead atoms. The number of aromatic nitrogens is 1. The van der Waals surface area contributed by atoms with Gasteiger partial charge in [0.15, 0.2) is 0 Å². The molecule has 20 nitrogen and oxygen atoms in total. The van der Waals surface area contributed by atoms with E-state index < -0.39 is 35.7 Å². The molecule has 6 amide bonds. The smallest absolute Gasteiger partial charge is 0.317 e. The summed E-state index contributed by atoms with van der Waals surface area (Å²) in [5, 5.41) is 28.0. The molecule has 6 heterocycles. The van der Waals surface area contributed by atoms with Crippen molar-refractivity contribution < 1.29 is 47.0 Å². The Bertz CT molecular complexity index is 2680. The Kier molecular flexibility index (Phi) is 20.7. The fourth-order valence-corrected chi connectivity index (χ4v) is 12.3. The Balaban J connectivity index is 0.720. The maximum absolute atomic E-state index is 14.7. The van der Waals surface area contributed by atoms with Gasteiger partial charge in [-0.05, 0) is 85.6 Å². The van der Waals surface area contributed by atoms with Crippen LogP contribution in [-0.2, 0) is 46.4 Å². The van der Waals surface area contributed by atoms with Crippen LogP contribution in [0.5, 0.6) is 0 Å². The van der Waals surface area contributed by atoms with Crippen LogP contribution in [0.1, 0.15) is 99.6 Å². The number of anilines is 1. The zero-order chi connectivity index (χ0) is 57.1. The van der Waals surface area contributed by atoms with Gasteiger partial charge in [-0.2, -0.15) is 5.10 Å². The summed E-state index contributed by atoms with van der Waals surface area (Å²) in [6.07, 6.45) is 3.68. The van der Waals surface area contributed by atoms with Gasteiger partial charge in [-0.1, -0.05) is 51.1 Å². The third kappa shape index (κ3) is 15.0. The second-order valence-electron chi connectivity index (χ2n) is 22.5. The number of amides is 6.